The molecule has 6 nitrogen and oxygen atoms in total. The predicted molar refractivity (Wildman–Crippen MR) is 61.2 cm³/mol. The molecule has 0 spiro atoms. The summed E-state index contributed by atoms with van der Waals surface area (Å²) in [6.45, 7) is 3.83. The van der Waals surface area contributed by atoms with E-state index in [1.54, 1.807) is 0 Å². The van der Waals surface area contributed by atoms with Gasteiger partial charge in [0.25, 0.3) is 0 Å². The minimum atomic E-state index is -1.09. The molecule has 1 saturated heterocycles. The van der Waals surface area contributed by atoms with Crippen LogP contribution in [0.4, 0.5) is 0 Å². The van der Waals surface area contributed by atoms with Crippen molar-refractivity contribution in [2.24, 2.45) is 11.7 Å². The third kappa shape index (κ3) is 2.95. The average molecular weight is 244 g/mol. The summed E-state index contributed by atoms with van der Waals surface area (Å²) < 4.78 is 0. The first-order valence-electron chi connectivity index (χ1n) is 5.85. The number of aliphatic hydroxyl groups excluding tert-OH is 1. The van der Waals surface area contributed by atoms with Crippen molar-refractivity contribution >= 4 is 11.9 Å². The number of carboxylic acids is 1. The summed E-state index contributed by atoms with van der Waals surface area (Å²) in [7, 11) is 0. The van der Waals surface area contributed by atoms with Crippen LogP contribution in [0.2, 0.25) is 0 Å². The lowest BCUT2D eigenvalue weighted by atomic mass is 9.98. The van der Waals surface area contributed by atoms with E-state index in [2.05, 4.69) is 0 Å². The highest BCUT2D eigenvalue weighted by Gasteiger charge is 2.41. The van der Waals surface area contributed by atoms with Crippen molar-refractivity contribution in [1.82, 2.24) is 4.90 Å². The first-order valence-corrected chi connectivity index (χ1v) is 5.85. The number of aliphatic hydroxyl groups is 1. The average Bonchev–Trinajstić information content (AvgIpc) is 2.68. The van der Waals surface area contributed by atoms with Gasteiger partial charge >= 0.3 is 5.97 Å². The topological polar surface area (TPSA) is 104 Å². The molecule has 1 heterocycles. The number of hydrogen-bond acceptors (Lipinski definition) is 4. The molecule has 1 fully saturated rings. The van der Waals surface area contributed by atoms with E-state index in [1.807, 2.05) is 13.8 Å². The Kier molecular flexibility index (Phi) is 4.47. The fourth-order valence-electron chi connectivity index (χ4n) is 1.98. The molecular formula is C11H20N2O4. The molecule has 17 heavy (non-hydrogen) atoms. The first kappa shape index (κ1) is 13.9. The van der Waals surface area contributed by atoms with Gasteiger partial charge in [-0.1, -0.05) is 20.3 Å². The second-order valence-corrected chi connectivity index (χ2v) is 4.65. The highest BCUT2D eigenvalue weighted by atomic mass is 16.4. The van der Waals surface area contributed by atoms with E-state index in [1.165, 1.54) is 4.90 Å². The van der Waals surface area contributed by atoms with Crippen LogP contribution in [0.15, 0.2) is 0 Å². The maximum atomic E-state index is 12.0. The Morgan fingerprint density at radius 2 is 2.12 bits per heavy atom. The number of amides is 1. The van der Waals surface area contributed by atoms with Gasteiger partial charge in [0.15, 0.2) is 0 Å². The first-order chi connectivity index (χ1) is 7.88. The third-order valence-corrected chi connectivity index (χ3v) is 3.39. The number of nitrogens with zero attached hydrogens (tertiary/aromatic N) is 1. The molecule has 0 aromatic carbocycles. The minimum Gasteiger partial charge on any atom is -0.480 e. The SMILES string of the molecule is CCC(C)C(N)C(=O)N1C[C@H](O)C[C@H]1C(=O)O. The fourth-order valence-corrected chi connectivity index (χ4v) is 1.98. The van der Waals surface area contributed by atoms with Gasteiger partial charge in [0.05, 0.1) is 12.1 Å². The molecule has 2 unspecified atom stereocenters. The number of rotatable bonds is 4. The van der Waals surface area contributed by atoms with Crippen molar-refractivity contribution in [2.75, 3.05) is 6.54 Å². The summed E-state index contributed by atoms with van der Waals surface area (Å²) in [6.07, 6.45) is 0.0548. The quantitative estimate of drug-likeness (QED) is 0.613. The standard InChI is InChI=1S/C11H20N2O4/c1-3-6(2)9(12)10(15)13-5-7(14)4-8(13)11(16)17/h6-9,14H,3-5,12H2,1-2H3,(H,16,17)/t6?,7-,8+,9?/m1/s1. The van der Waals surface area contributed by atoms with Crippen molar-refractivity contribution in [3.05, 3.63) is 0 Å². The Hall–Kier alpha value is -1.14. The molecule has 0 aliphatic carbocycles. The number of nitrogens with two attached hydrogens (primary N) is 1. The number of hydrogen-bond donors (Lipinski definition) is 3. The Bertz CT molecular complexity index is 308. The highest BCUT2D eigenvalue weighted by molar-refractivity contribution is 5.87. The van der Waals surface area contributed by atoms with Gasteiger partial charge < -0.3 is 20.8 Å². The Morgan fingerprint density at radius 3 is 2.59 bits per heavy atom. The number of carbonyl (C=O) groups is 2. The van der Waals surface area contributed by atoms with Crippen LogP contribution in [0.3, 0.4) is 0 Å². The number of likely N-dealkylation sites (tertiary alicyclic amines) is 1. The van der Waals surface area contributed by atoms with Crippen LogP contribution >= 0.6 is 0 Å². The summed E-state index contributed by atoms with van der Waals surface area (Å²) >= 11 is 0. The van der Waals surface area contributed by atoms with Gasteiger partial charge in [-0.15, -0.1) is 0 Å². The lowest BCUT2D eigenvalue weighted by Gasteiger charge is -2.27. The van der Waals surface area contributed by atoms with Crippen LogP contribution in [0, 0.1) is 5.92 Å². The molecule has 6 heteroatoms. The Balaban J connectivity index is 2.77. The van der Waals surface area contributed by atoms with Crippen LogP contribution in [-0.2, 0) is 9.59 Å². The van der Waals surface area contributed by atoms with Gasteiger partial charge in [0.2, 0.25) is 5.91 Å². The lowest BCUT2D eigenvalue weighted by Crippen LogP contribution is -2.50. The second-order valence-electron chi connectivity index (χ2n) is 4.65. The molecule has 0 bridgehead atoms. The zero-order valence-electron chi connectivity index (χ0n) is 10.2. The number of β-amino-alcohol motifs (C(OH)–C–C–N with tert-alkyl or cyclic N) is 1. The molecule has 0 aromatic heterocycles. The molecule has 1 aliphatic heterocycles. The second kappa shape index (κ2) is 5.46. The van der Waals surface area contributed by atoms with Gasteiger partial charge in [-0.25, -0.2) is 4.79 Å². The summed E-state index contributed by atoms with van der Waals surface area (Å²) in [4.78, 5) is 24.2. The smallest absolute Gasteiger partial charge is 0.326 e. The Labute approximate surface area is 100 Å². The molecule has 1 amide bonds. The summed E-state index contributed by atoms with van der Waals surface area (Å²) in [5.74, 6) is -1.48. The van der Waals surface area contributed by atoms with Crippen LogP contribution in [-0.4, -0.2) is 51.7 Å². The normalized spacial score (nSPS) is 27.9. The summed E-state index contributed by atoms with van der Waals surface area (Å²) in [6, 6.07) is -1.65. The highest BCUT2D eigenvalue weighted by Crippen LogP contribution is 2.20. The van der Waals surface area contributed by atoms with E-state index in [0.29, 0.717) is 0 Å². The number of aliphatic carboxylic acids is 1. The van der Waals surface area contributed by atoms with E-state index in [9.17, 15) is 14.7 Å². The molecule has 0 saturated carbocycles. The molecule has 4 atom stereocenters. The van der Waals surface area contributed by atoms with Crippen molar-refractivity contribution in [3.63, 3.8) is 0 Å². The van der Waals surface area contributed by atoms with Gasteiger partial charge in [-0.2, -0.15) is 0 Å². The molecule has 4 N–H and O–H groups in total. The molecule has 1 aliphatic rings. The van der Waals surface area contributed by atoms with E-state index in [4.69, 9.17) is 10.8 Å². The van der Waals surface area contributed by atoms with E-state index >= 15 is 0 Å². The molecular weight excluding hydrogens is 224 g/mol. The van der Waals surface area contributed by atoms with Crippen LogP contribution in [0.5, 0.6) is 0 Å². The maximum Gasteiger partial charge on any atom is 0.326 e. The van der Waals surface area contributed by atoms with Crippen LogP contribution in [0.25, 0.3) is 0 Å². The largest absolute Gasteiger partial charge is 0.480 e. The van der Waals surface area contributed by atoms with Gasteiger partial charge in [-0.05, 0) is 5.92 Å². The fraction of sp³-hybridized carbons (Fsp3) is 0.818. The van der Waals surface area contributed by atoms with Crippen LogP contribution < -0.4 is 5.73 Å². The van der Waals surface area contributed by atoms with Crippen molar-refractivity contribution in [3.8, 4) is 0 Å². The van der Waals surface area contributed by atoms with Crippen molar-refractivity contribution in [2.45, 2.75) is 44.9 Å². The van der Waals surface area contributed by atoms with Gasteiger partial charge in [0.1, 0.15) is 6.04 Å². The molecule has 0 radical (unpaired) electrons. The van der Waals surface area contributed by atoms with Crippen molar-refractivity contribution in [1.29, 1.82) is 0 Å². The van der Waals surface area contributed by atoms with E-state index < -0.39 is 24.2 Å². The summed E-state index contributed by atoms with van der Waals surface area (Å²) in [5.41, 5.74) is 5.79. The number of carboxylic acid groups (broad SMARTS) is 1. The third-order valence-electron chi connectivity index (χ3n) is 3.39. The van der Waals surface area contributed by atoms with Crippen LogP contribution in [0.1, 0.15) is 26.7 Å². The molecule has 98 valence electrons. The van der Waals surface area contributed by atoms with Crippen molar-refractivity contribution < 1.29 is 19.8 Å². The lowest BCUT2D eigenvalue weighted by molar-refractivity contribution is -0.149. The zero-order chi connectivity index (χ0) is 13.2. The van der Waals surface area contributed by atoms with Gasteiger partial charge in [-0.3, -0.25) is 4.79 Å². The Morgan fingerprint density at radius 1 is 1.53 bits per heavy atom. The minimum absolute atomic E-state index is 0.00492. The molecule has 1 rings (SSSR count). The van der Waals surface area contributed by atoms with E-state index in [-0.39, 0.29) is 24.8 Å². The maximum absolute atomic E-state index is 12.0. The number of carbonyl (C=O) groups excluding carboxylic acids is 1. The predicted octanol–water partition coefficient (Wildman–Crippen LogP) is -0.594. The summed E-state index contributed by atoms with van der Waals surface area (Å²) in [5, 5.41) is 18.4. The monoisotopic (exact) mass is 244 g/mol. The van der Waals surface area contributed by atoms with E-state index in [0.717, 1.165) is 6.42 Å². The molecule has 0 aromatic rings. The van der Waals surface area contributed by atoms with Gasteiger partial charge in [0, 0.05) is 13.0 Å². The zero-order valence-corrected chi connectivity index (χ0v) is 10.2.